The summed E-state index contributed by atoms with van der Waals surface area (Å²) in [5.74, 6) is -1.31. The van der Waals surface area contributed by atoms with Gasteiger partial charge in [-0.2, -0.15) is 0 Å². The van der Waals surface area contributed by atoms with E-state index in [4.69, 9.17) is 5.73 Å². The van der Waals surface area contributed by atoms with Crippen molar-refractivity contribution in [1.82, 2.24) is 0 Å². The average molecular weight is 314 g/mol. The Morgan fingerprint density at radius 2 is 2.00 bits per heavy atom. The molecule has 1 aromatic carbocycles. The molecule has 0 spiro atoms. The molecule has 1 rings (SSSR count). The number of hydrogen-bond acceptors (Lipinski definition) is 5. The highest BCUT2D eigenvalue weighted by Crippen LogP contribution is 2.20. The Hall–Kier alpha value is -2.09. The summed E-state index contributed by atoms with van der Waals surface area (Å²) in [6.45, 7) is 1.60. The van der Waals surface area contributed by atoms with Gasteiger partial charge in [-0.25, -0.2) is 8.42 Å². The molecule has 0 aromatic heterocycles. The molecule has 0 saturated carbocycles. The van der Waals surface area contributed by atoms with E-state index in [2.05, 4.69) is 9.46 Å². The van der Waals surface area contributed by atoms with Gasteiger partial charge in [0.1, 0.15) is 0 Å². The number of nitrogens with two attached hydrogens (primary N) is 1. The normalized spacial score (nSPS) is 11.0. The fraction of sp³-hybridized carbons (Fsp3) is 0.385. The van der Waals surface area contributed by atoms with Gasteiger partial charge in [0.15, 0.2) is 0 Å². The van der Waals surface area contributed by atoms with E-state index in [1.807, 2.05) is 0 Å². The number of carbonyl (C=O) groups is 2. The van der Waals surface area contributed by atoms with Crippen LogP contribution in [-0.2, 0) is 19.6 Å². The molecule has 116 valence electrons. The zero-order chi connectivity index (χ0) is 16.0. The summed E-state index contributed by atoms with van der Waals surface area (Å²) >= 11 is 0. The highest BCUT2D eigenvalue weighted by Gasteiger charge is 2.15. The Kier molecular flexibility index (Phi) is 5.71. The molecule has 8 heteroatoms. The molecule has 0 bridgehead atoms. The van der Waals surface area contributed by atoms with Crippen molar-refractivity contribution < 1.29 is 22.7 Å². The molecule has 0 unspecified atom stereocenters. The number of esters is 1. The van der Waals surface area contributed by atoms with Gasteiger partial charge in [-0.1, -0.05) is 6.07 Å². The third-order valence-corrected chi connectivity index (χ3v) is 4.24. The maximum Gasteiger partial charge on any atom is 0.305 e. The van der Waals surface area contributed by atoms with Crippen molar-refractivity contribution in [2.75, 3.05) is 17.6 Å². The van der Waals surface area contributed by atoms with Gasteiger partial charge >= 0.3 is 5.97 Å². The first-order chi connectivity index (χ1) is 9.76. The van der Waals surface area contributed by atoms with Gasteiger partial charge in [0, 0.05) is 12.0 Å². The second-order valence-corrected chi connectivity index (χ2v) is 6.28. The summed E-state index contributed by atoms with van der Waals surface area (Å²) in [6.07, 6.45) is 0.175. The van der Waals surface area contributed by atoms with Crippen LogP contribution in [0.3, 0.4) is 0 Å². The number of sulfonamides is 1. The Morgan fingerprint density at radius 3 is 2.57 bits per heavy atom. The second-order valence-electron chi connectivity index (χ2n) is 4.44. The van der Waals surface area contributed by atoms with E-state index < -0.39 is 21.9 Å². The van der Waals surface area contributed by atoms with Gasteiger partial charge in [-0.3, -0.25) is 14.3 Å². The average Bonchev–Trinajstić information content (AvgIpc) is 2.40. The van der Waals surface area contributed by atoms with Gasteiger partial charge in [-0.05, 0) is 31.0 Å². The number of rotatable bonds is 7. The Morgan fingerprint density at radius 1 is 1.33 bits per heavy atom. The lowest BCUT2D eigenvalue weighted by molar-refractivity contribution is -0.140. The lowest BCUT2D eigenvalue weighted by Crippen LogP contribution is -2.20. The lowest BCUT2D eigenvalue weighted by Gasteiger charge is -2.12. The predicted molar refractivity (Wildman–Crippen MR) is 78.4 cm³/mol. The van der Waals surface area contributed by atoms with E-state index in [1.165, 1.54) is 13.2 Å². The zero-order valence-corrected chi connectivity index (χ0v) is 12.7. The first-order valence-electron chi connectivity index (χ1n) is 6.23. The fourth-order valence-corrected chi connectivity index (χ4v) is 2.92. The molecule has 21 heavy (non-hydrogen) atoms. The molecule has 0 saturated heterocycles. The summed E-state index contributed by atoms with van der Waals surface area (Å²) in [6, 6.07) is 4.60. The van der Waals surface area contributed by atoms with Crippen molar-refractivity contribution >= 4 is 27.6 Å². The first kappa shape index (κ1) is 17.0. The molecule has 7 nitrogen and oxygen atoms in total. The highest BCUT2D eigenvalue weighted by atomic mass is 32.2. The van der Waals surface area contributed by atoms with Crippen LogP contribution in [0.5, 0.6) is 0 Å². The van der Waals surface area contributed by atoms with Crippen LogP contribution in [-0.4, -0.2) is 33.2 Å². The second kappa shape index (κ2) is 7.07. The quantitative estimate of drug-likeness (QED) is 0.722. The number of hydrogen-bond donors (Lipinski definition) is 2. The van der Waals surface area contributed by atoms with Crippen LogP contribution >= 0.6 is 0 Å². The third kappa shape index (κ3) is 5.07. The molecular weight excluding hydrogens is 296 g/mol. The Labute approximate surface area is 123 Å². The molecular formula is C13H18N2O5S. The Bertz CT molecular complexity index is 640. The van der Waals surface area contributed by atoms with Crippen LogP contribution in [0, 0.1) is 6.92 Å². The maximum absolute atomic E-state index is 11.9. The van der Waals surface area contributed by atoms with Gasteiger partial charge in [-0.15, -0.1) is 0 Å². The van der Waals surface area contributed by atoms with E-state index >= 15 is 0 Å². The molecule has 0 atom stereocenters. The topological polar surface area (TPSA) is 116 Å². The fourth-order valence-electron chi connectivity index (χ4n) is 1.74. The van der Waals surface area contributed by atoms with E-state index in [0.717, 1.165) is 0 Å². The molecule has 0 aliphatic carbocycles. The maximum atomic E-state index is 11.9. The number of ether oxygens (including phenoxy) is 1. The van der Waals surface area contributed by atoms with Crippen molar-refractivity contribution in [1.29, 1.82) is 0 Å². The molecule has 3 N–H and O–H groups in total. The molecule has 0 radical (unpaired) electrons. The summed E-state index contributed by atoms with van der Waals surface area (Å²) < 4.78 is 30.7. The van der Waals surface area contributed by atoms with E-state index in [1.54, 1.807) is 19.1 Å². The van der Waals surface area contributed by atoms with Crippen molar-refractivity contribution in [3.8, 4) is 0 Å². The number of amides is 1. The molecule has 0 fully saturated rings. The molecule has 0 heterocycles. The number of carbonyl (C=O) groups excluding carboxylic acids is 2. The smallest absolute Gasteiger partial charge is 0.305 e. The van der Waals surface area contributed by atoms with Crippen LogP contribution < -0.4 is 10.5 Å². The van der Waals surface area contributed by atoms with Crippen molar-refractivity contribution in [2.45, 2.75) is 19.8 Å². The van der Waals surface area contributed by atoms with Gasteiger partial charge in [0.05, 0.1) is 18.6 Å². The standard InChI is InChI=1S/C13H18N2O5S/c1-9-10(13(14)17)5-3-6-11(9)15-21(18,19)8-4-7-12(16)20-2/h3,5-6,15H,4,7-8H2,1-2H3,(H2,14,17). The number of nitrogens with one attached hydrogen (secondary N) is 1. The minimum atomic E-state index is -3.61. The third-order valence-electron chi connectivity index (χ3n) is 2.89. The van der Waals surface area contributed by atoms with Crippen molar-refractivity contribution in [3.63, 3.8) is 0 Å². The summed E-state index contributed by atoms with van der Waals surface area (Å²) in [5.41, 5.74) is 6.22. The SMILES string of the molecule is COC(=O)CCCS(=O)(=O)Nc1cccc(C(N)=O)c1C. The molecule has 0 aliphatic rings. The molecule has 1 aromatic rings. The van der Waals surface area contributed by atoms with E-state index in [0.29, 0.717) is 11.3 Å². The molecule has 0 aliphatic heterocycles. The highest BCUT2D eigenvalue weighted by molar-refractivity contribution is 7.92. The van der Waals surface area contributed by atoms with Crippen LogP contribution in [0.15, 0.2) is 18.2 Å². The summed E-state index contributed by atoms with van der Waals surface area (Å²) in [4.78, 5) is 22.2. The van der Waals surface area contributed by atoms with E-state index in [9.17, 15) is 18.0 Å². The first-order valence-corrected chi connectivity index (χ1v) is 7.89. The minimum absolute atomic E-state index is 0.0255. The number of anilines is 1. The van der Waals surface area contributed by atoms with Gasteiger partial charge in [0.25, 0.3) is 0 Å². The van der Waals surface area contributed by atoms with E-state index in [-0.39, 0.29) is 24.2 Å². The van der Waals surface area contributed by atoms with Gasteiger partial charge < -0.3 is 10.5 Å². The monoisotopic (exact) mass is 314 g/mol. The van der Waals surface area contributed by atoms with Crippen molar-refractivity contribution in [3.05, 3.63) is 29.3 Å². The summed E-state index contributed by atoms with van der Waals surface area (Å²) in [5, 5.41) is 0. The zero-order valence-electron chi connectivity index (χ0n) is 11.9. The summed E-state index contributed by atoms with van der Waals surface area (Å²) in [7, 11) is -2.37. The lowest BCUT2D eigenvalue weighted by atomic mass is 10.1. The van der Waals surface area contributed by atoms with Crippen LogP contribution in [0.1, 0.15) is 28.8 Å². The van der Waals surface area contributed by atoms with Crippen LogP contribution in [0.25, 0.3) is 0 Å². The number of methoxy groups -OCH3 is 1. The number of primary amides is 1. The Balaban J connectivity index is 2.78. The minimum Gasteiger partial charge on any atom is -0.469 e. The van der Waals surface area contributed by atoms with Crippen LogP contribution in [0.2, 0.25) is 0 Å². The van der Waals surface area contributed by atoms with Gasteiger partial charge in [0.2, 0.25) is 15.9 Å². The van der Waals surface area contributed by atoms with Crippen molar-refractivity contribution in [2.24, 2.45) is 5.73 Å². The predicted octanol–water partition coefficient (Wildman–Crippen LogP) is 0.789. The van der Waals surface area contributed by atoms with Crippen LogP contribution in [0.4, 0.5) is 5.69 Å². The number of benzene rings is 1. The molecule has 1 amide bonds. The largest absolute Gasteiger partial charge is 0.469 e.